The van der Waals surface area contributed by atoms with Crippen LogP contribution in [0.5, 0.6) is 5.75 Å². The van der Waals surface area contributed by atoms with E-state index in [1.165, 1.54) is 13.2 Å². The van der Waals surface area contributed by atoms with Gasteiger partial charge in [0.2, 0.25) is 11.8 Å². The summed E-state index contributed by atoms with van der Waals surface area (Å²) in [5.41, 5.74) is 1.18. The predicted molar refractivity (Wildman–Crippen MR) is 183 cm³/mol. The highest BCUT2D eigenvalue weighted by atomic mass is 35.5. The maximum Gasteiger partial charge on any atom is 0.347 e. The third kappa shape index (κ3) is 10.3. The Hall–Kier alpha value is -3.93. The number of rotatable bonds is 9. The number of carbonyl (C=O) groups excluding carboxylic acids is 4. The first-order valence-corrected chi connectivity index (χ1v) is 16.9. The van der Waals surface area contributed by atoms with E-state index < -0.39 is 47.4 Å². The van der Waals surface area contributed by atoms with Crippen LogP contribution in [-0.4, -0.2) is 66.9 Å². The largest absolute Gasteiger partial charge is 0.495 e. The highest BCUT2D eigenvalue weighted by Crippen LogP contribution is 2.45. The molecule has 0 aliphatic carbocycles. The molecule has 266 valence electrons. The average Bonchev–Trinajstić information content (AvgIpc) is 3.86. The standard InChI is InChI=1S/C37H47ClN2O9/c1-21(2)16-30-35(44)47-28(22(3)32-33(49-32)25-13-10-23(19-41)11-14-25)8-7-9-31(42)40-27(18-24-12-15-29(46-6)26(38)17-24)34(43)39-20-37(4,5)36(45)48-30/h7,9-15,17,21-22,27-28,30,32-33,41H,8,16,18-20H2,1-6H3,(H,39,43)(H,40,42)/b9-7+/t22-,27+,28-,30-,32-,33+/m0/s1. The van der Waals surface area contributed by atoms with Crippen molar-refractivity contribution in [2.45, 2.75) is 90.9 Å². The molecular weight excluding hydrogens is 652 g/mol. The molecule has 2 aromatic carbocycles. The molecule has 3 N–H and O–H groups in total. The number of hydrogen-bond donors (Lipinski definition) is 3. The molecule has 11 nitrogen and oxygen atoms in total. The van der Waals surface area contributed by atoms with E-state index >= 15 is 0 Å². The summed E-state index contributed by atoms with van der Waals surface area (Å²) in [7, 11) is 1.50. The molecule has 0 bridgehead atoms. The highest BCUT2D eigenvalue weighted by molar-refractivity contribution is 6.32. The maximum absolute atomic E-state index is 13.6. The van der Waals surface area contributed by atoms with Gasteiger partial charge in [0, 0.05) is 25.3 Å². The van der Waals surface area contributed by atoms with Crippen molar-refractivity contribution in [3.8, 4) is 5.75 Å². The number of esters is 2. The number of halogens is 1. The molecule has 0 saturated carbocycles. The number of cyclic esters (lactones) is 2. The smallest absolute Gasteiger partial charge is 0.347 e. The van der Waals surface area contributed by atoms with Crippen molar-refractivity contribution in [1.29, 1.82) is 0 Å². The second kappa shape index (κ2) is 16.7. The number of nitrogens with one attached hydrogen (secondary N) is 2. The predicted octanol–water partition coefficient (Wildman–Crippen LogP) is 4.62. The van der Waals surface area contributed by atoms with Gasteiger partial charge in [0.1, 0.15) is 24.0 Å². The monoisotopic (exact) mass is 698 g/mol. The van der Waals surface area contributed by atoms with Crippen LogP contribution in [0.25, 0.3) is 0 Å². The van der Waals surface area contributed by atoms with Crippen LogP contribution in [-0.2, 0) is 46.4 Å². The summed E-state index contributed by atoms with van der Waals surface area (Å²) in [4.78, 5) is 53.7. The number of benzene rings is 2. The molecule has 0 aromatic heterocycles. The number of methoxy groups -OCH3 is 1. The summed E-state index contributed by atoms with van der Waals surface area (Å²) < 4.78 is 23.1. The Balaban J connectivity index is 1.60. The topological polar surface area (TPSA) is 153 Å². The van der Waals surface area contributed by atoms with E-state index in [-0.39, 0.29) is 56.5 Å². The van der Waals surface area contributed by atoms with Crippen LogP contribution in [0.2, 0.25) is 5.02 Å². The van der Waals surface area contributed by atoms with Crippen molar-refractivity contribution in [3.05, 3.63) is 76.3 Å². The van der Waals surface area contributed by atoms with Crippen molar-refractivity contribution in [1.82, 2.24) is 10.6 Å². The summed E-state index contributed by atoms with van der Waals surface area (Å²) >= 11 is 6.32. The van der Waals surface area contributed by atoms with Crippen molar-refractivity contribution >= 4 is 35.4 Å². The molecule has 2 amide bonds. The van der Waals surface area contributed by atoms with E-state index in [9.17, 15) is 24.3 Å². The molecule has 2 heterocycles. The summed E-state index contributed by atoms with van der Waals surface area (Å²) in [5, 5.41) is 15.3. The van der Waals surface area contributed by atoms with Crippen molar-refractivity contribution in [3.63, 3.8) is 0 Å². The number of aliphatic hydroxyl groups excluding tert-OH is 1. The van der Waals surface area contributed by atoms with Crippen LogP contribution in [0.1, 0.15) is 70.3 Å². The minimum atomic E-state index is -1.21. The molecule has 2 aliphatic heterocycles. The van der Waals surface area contributed by atoms with Gasteiger partial charge in [0.25, 0.3) is 0 Å². The maximum atomic E-state index is 13.6. The van der Waals surface area contributed by atoms with Gasteiger partial charge in [-0.15, -0.1) is 0 Å². The van der Waals surface area contributed by atoms with E-state index in [1.807, 2.05) is 45.0 Å². The zero-order valence-corrected chi connectivity index (χ0v) is 29.6. The second-order valence-electron chi connectivity index (χ2n) is 13.8. The average molecular weight is 699 g/mol. The fraction of sp³-hybridized carbons (Fsp3) is 0.514. The van der Waals surface area contributed by atoms with Crippen LogP contribution < -0.4 is 15.4 Å². The van der Waals surface area contributed by atoms with Crippen LogP contribution in [0.4, 0.5) is 0 Å². The number of carbonyl (C=O) groups is 4. The molecule has 0 radical (unpaired) electrons. The fourth-order valence-corrected chi connectivity index (χ4v) is 5.92. The molecule has 12 heteroatoms. The van der Waals surface area contributed by atoms with Crippen LogP contribution >= 0.6 is 11.6 Å². The molecule has 4 rings (SSSR count). The number of hydrogen-bond acceptors (Lipinski definition) is 9. The van der Waals surface area contributed by atoms with Gasteiger partial charge in [0.15, 0.2) is 6.10 Å². The van der Waals surface area contributed by atoms with Gasteiger partial charge in [-0.2, -0.15) is 0 Å². The summed E-state index contributed by atoms with van der Waals surface area (Å²) in [5.74, 6) is -2.21. The summed E-state index contributed by atoms with van der Waals surface area (Å²) in [6.45, 7) is 8.77. The van der Waals surface area contributed by atoms with Gasteiger partial charge in [-0.1, -0.05) is 68.8 Å². The fourth-order valence-electron chi connectivity index (χ4n) is 5.63. The molecule has 2 aromatic rings. The molecule has 49 heavy (non-hydrogen) atoms. The Bertz CT molecular complexity index is 1520. The van der Waals surface area contributed by atoms with Crippen LogP contribution in [0.15, 0.2) is 54.6 Å². The van der Waals surface area contributed by atoms with Crippen molar-refractivity contribution < 1.29 is 43.2 Å². The Labute approximate surface area is 292 Å². The van der Waals surface area contributed by atoms with Crippen molar-refractivity contribution in [2.75, 3.05) is 13.7 Å². The van der Waals surface area contributed by atoms with Crippen molar-refractivity contribution in [2.24, 2.45) is 17.3 Å². The number of ether oxygens (including phenoxy) is 4. The first-order valence-electron chi connectivity index (χ1n) is 16.6. The van der Waals surface area contributed by atoms with E-state index in [0.717, 1.165) is 11.1 Å². The van der Waals surface area contributed by atoms with Gasteiger partial charge in [-0.05, 0) is 61.1 Å². The minimum absolute atomic E-state index is 0.00322. The van der Waals surface area contributed by atoms with E-state index in [4.69, 9.17) is 30.5 Å². The first kappa shape index (κ1) is 37.9. The Morgan fingerprint density at radius 3 is 2.35 bits per heavy atom. The normalized spacial score (nSPS) is 26.2. The lowest BCUT2D eigenvalue weighted by atomic mass is 9.92. The SMILES string of the molecule is COc1ccc(C[C@H]2NC(=O)/C=C/C[C@@H]([C@H](C)[C@@H]3O[C@@H]3c3ccc(CO)cc3)OC(=O)[C@H](CC(C)C)OC(=O)C(C)(C)CNC2=O)cc1Cl. The van der Waals surface area contributed by atoms with E-state index in [1.54, 1.807) is 38.1 Å². The lowest BCUT2D eigenvalue weighted by molar-refractivity contribution is -0.179. The van der Waals surface area contributed by atoms with Gasteiger partial charge in [0.05, 0.1) is 30.3 Å². The van der Waals surface area contributed by atoms with Crippen LogP contribution in [0.3, 0.4) is 0 Å². The molecule has 1 saturated heterocycles. The third-order valence-corrected chi connectivity index (χ3v) is 9.07. The molecule has 0 spiro atoms. The number of aliphatic hydroxyl groups is 1. The van der Waals surface area contributed by atoms with Gasteiger partial charge in [-0.3, -0.25) is 14.4 Å². The summed E-state index contributed by atoms with van der Waals surface area (Å²) in [6.07, 6.45) is 1.01. The van der Waals surface area contributed by atoms with Gasteiger partial charge < -0.3 is 34.7 Å². The van der Waals surface area contributed by atoms with Crippen LogP contribution in [0, 0.1) is 17.3 Å². The zero-order valence-electron chi connectivity index (χ0n) is 28.9. The number of amides is 2. The zero-order chi connectivity index (χ0) is 35.9. The Morgan fingerprint density at radius 1 is 1.02 bits per heavy atom. The minimum Gasteiger partial charge on any atom is -0.495 e. The molecule has 6 atom stereocenters. The molecule has 1 fully saturated rings. The molecule has 2 aliphatic rings. The second-order valence-corrected chi connectivity index (χ2v) is 14.2. The third-order valence-electron chi connectivity index (χ3n) is 8.77. The van der Waals surface area contributed by atoms with Gasteiger partial charge in [-0.25, -0.2) is 4.79 Å². The quantitative estimate of drug-likeness (QED) is 0.252. The first-order chi connectivity index (χ1) is 23.2. The highest BCUT2D eigenvalue weighted by Gasteiger charge is 2.48. The molecular formula is C37H47ClN2O9. The molecule has 0 unspecified atom stereocenters. The lowest BCUT2D eigenvalue weighted by Crippen LogP contribution is -2.51. The Morgan fingerprint density at radius 2 is 1.71 bits per heavy atom. The number of epoxide rings is 1. The van der Waals surface area contributed by atoms with E-state index in [0.29, 0.717) is 16.3 Å². The lowest BCUT2D eigenvalue weighted by Gasteiger charge is -2.29. The van der Waals surface area contributed by atoms with Gasteiger partial charge >= 0.3 is 11.9 Å². The summed E-state index contributed by atoms with van der Waals surface area (Å²) in [6, 6.07) is 11.5. The van der Waals surface area contributed by atoms with E-state index in [2.05, 4.69) is 10.6 Å². The Kier molecular flexibility index (Phi) is 12.9.